The topological polar surface area (TPSA) is 102 Å². The average molecular weight is 411 g/mol. The lowest BCUT2D eigenvalue weighted by Gasteiger charge is -2.18. The minimum absolute atomic E-state index is 0.180. The van der Waals surface area contributed by atoms with E-state index in [-0.39, 0.29) is 17.4 Å². The molecule has 0 saturated carbocycles. The number of hydrogen-bond donors (Lipinski definition) is 3. The molecule has 8 heteroatoms. The first-order chi connectivity index (χ1) is 14.6. The zero-order valence-corrected chi connectivity index (χ0v) is 17.2. The smallest absolute Gasteiger partial charge is 0.272 e. The van der Waals surface area contributed by atoms with E-state index in [1.54, 1.807) is 14.2 Å². The van der Waals surface area contributed by atoms with E-state index in [0.717, 1.165) is 11.1 Å². The number of nitrogens with one attached hydrogen (secondary N) is 2. The molecule has 1 unspecified atom stereocenters. The number of alkyl halides is 1. The number of halogens is 1. The molecule has 0 spiro atoms. The van der Waals surface area contributed by atoms with Crippen LogP contribution in [0.1, 0.15) is 33.5 Å². The first-order valence-corrected chi connectivity index (χ1v) is 9.26. The Labute approximate surface area is 175 Å². The quantitative estimate of drug-likeness (QED) is 0.551. The Balaban J connectivity index is 0.00000155. The van der Waals surface area contributed by atoms with E-state index < -0.39 is 6.10 Å². The average Bonchev–Trinajstić information content (AvgIpc) is 2.80. The van der Waals surface area contributed by atoms with Crippen molar-refractivity contribution in [1.82, 2.24) is 15.3 Å². The SMILES string of the molecule is CF.CNc1c(N)nc(C(OC)c2ccccc2)nc1C(=O)NCc1ccccc1. The van der Waals surface area contributed by atoms with Gasteiger partial charge in [0.1, 0.15) is 11.8 Å². The van der Waals surface area contributed by atoms with E-state index in [4.69, 9.17) is 10.5 Å². The highest BCUT2D eigenvalue weighted by Crippen LogP contribution is 2.27. The number of aromatic nitrogens is 2. The summed E-state index contributed by atoms with van der Waals surface area (Å²) >= 11 is 0. The van der Waals surface area contributed by atoms with E-state index in [1.807, 2.05) is 60.7 Å². The normalized spacial score (nSPS) is 11.1. The minimum atomic E-state index is -0.532. The Bertz CT molecular complexity index is 939. The second-order valence-electron chi connectivity index (χ2n) is 6.14. The molecule has 4 N–H and O–H groups in total. The Morgan fingerprint density at radius 1 is 1.07 bits per heavy atom. The molecular weight excluding hydrogens is 385 g/mol. The van der Waals surface area contributed by atoms with E-state index >= 15 is 0 Å². The summed E-state index contributed by atoms with van der Waals surface area (Å²) < 4.78 is 15.1. The molecule has 7 nitrogen and oxygen atoms in total. The molecule has 0 aliphatic heterocycles. The van der Waals surface area contributed by atoms with Crippen molar-refractivity contribution >= 4 is 17.4 Å². The number of nitrogens with two attached hydrogens (primary N) is 1. The molecule has 1 aromatic heterocycles. The number of methoxy groups -OCH3 is 1. The predicted octanol–water partition coefficient (Wildman–Crippen LogP) is 3.35. The number of ether oxygens (including phenoxy) is 1. The van der Waals surface area contributed by atoms with Crippen LogP contribution in [-0.2, 0) is 11.3 Å². The summed E-state index contributed by atoms with van der Waals surface area (Å²) in [6.45, 7) is 0.383. The first kappa shape index (κ1) is 22.8. The Hall–Kier alpha value is -3.52. The van der Waals surface area contributed by atoms with Gasteiger partial charge in [0.2, 0.25) is 0 Å². The van der Waals surface area contributed by atoms with Crippen LogP contribution < -0.4 is 16.4 Å². The van der Waals surface area contributed by atoms with Gasteiger partial charge in [-0.15, -0.1) is 0 Å². The van der Waals surface area contributed by atoms with Crippen LogP contribution in [0.3, 0.4) is 0 Å². The molecule has 1 atom stereocenters. The molecular formula is C22H26FN5O2. The number of nitrogen functional groups attached to an aromatic ring is 1. The Morgan fingerprint density at radius 2 is 1.67 bits per heavy atom. The number of carbonyl (C=O) groups is 1. The molecule has 0 fully saturated rings. The summed E-state index contributed by atoms with van der Waals surface area (Å²) in [6.07, 6.45) is -0.532. The molecule has 158 valence electrons. The van der Waals surface area contributed by atoms with Crippen molar-refractivity contribution in [1.29, 1.82) is 0 Å². The maximum absolute atomic E-state index is 12.8. The Morgan fingerprint density at radius 3 is 2.23 bits per heavy atom. The maximum Gasteiger partial charge on any atom is 0.272 e. The molecule has 2 aromatic carbocycles. The second kappa shape index (κ2) is 11.5. The number of rotatable bonds is 7. The number of benzene rings is 2. The summed E-state index contributed by atoms with van der Waals surface area (Å²) in [5.41, 5.74) is 8.53. The van der Waals surface area contributed by atoms with Gasteiger partial charge in [-0.2, -0.15) is 0 Å². The monoisotopic (exact) mass is 411 g/mol. The molecule has 0 saturated heterocycles. The van der Waals surface area contributed by atoms with Gasteiger partial charge in [0.25, 0.3) is 5.91 Å². The molecule has 0 radical (unpaired) electrons. The van der Waals surface area contributed by atoms with Gasteiger partial charge in [0.05, 0.1) is 7.18 Å². The number of carbonyl (C=O) groups excluding carboxylic acids is 1. The van der Waals surface area contributed by atoms with Gasteiger partial charge in [-0.1, -0.05) is 60.7 Å². The first-order valence-electron chi connectivity index (χ1n) is 9.26. The highest BCUT2D eigenvalue weighted by atomic mass is 19.1. The van der Waals surface area contributed by atoms with Crippen LogP contribution in [0, 0.1) is 0 Å². The summed E-state index contributed by atoms with van der Waals surface area (Å²) in [5, 5.41) is 5.79. The van der Waals surface area contributed by atoms with E-state index in [2.05, 4.69) is 20.6 Å². The molecule has 30 heavy (non-hydrogen) atoms. The van der Waals surface area contributed by atoms with Crippen LogP contribution in [0.4, 0.5) is 15.9 Å². The van der Waals surface area contributed by atoms with Crippen molar-refractivity contribution in [2.75, 3.05) is 32.4 Å². The van der Waals surface area contributed by atoms with Gasteiger partial charge in [-0.3, -0.25) is 9.18 Å². The molecule has 1 amide bonds. The maximum atomic E-state index is 12.8. The lowest BCUT2D eigenvalue weighted by Crippen LogP contribution is -2.27. The van der Waals surface area contributed by atoms with E-state index in [0.29, 0.717) is 25.2 Å². The highest BCUT2D eigenvalue weighted by molar-refractivity contribution is 5.99. The van der Waals surface area contributed by atoms with Crippen molar-refractivity contribution < 1.29 is 13.9 Å². The Kier molecular flexibility index (Phi) is 8.71. The van der Waals surface area contributed by atoms with Gasteiger partial charge in [0.15, 0.2) is 17.3 Å². The number of hydrogen-bond acceptors (Lipinski definition) is 6. The summed E-state index contributed by atoms with van der Waals surface area (Å²) in [6, 6.07) is 19.2. The van der Waals surface area contributed by atoms with E-state index in [1.165, 1.54) is 0 Å². The third-order valence-electron chi connectivity index (χ3n) is 4.29. The fourth-order valence-corrected chi connectivity index (χ4v) is 2.90. The predicted molar refractivity (Wildman–Crippen MR) is 116 cm³/mol. The largest absolute Gasteiger partial charge is 0.383 e. The van der Waals surface area contributed by atoms with Crippen LogP contribution in [0.15, 0.2) is 60.7 Å². The van der Waals surface area contributed by atoms with Crippen molar-refractivity contribution in [2.24, 2.45) is 0 Å². The highest BCUT2D eigenvalue weighted by Gasteiger charge is 2.23. The molecule has 3 aromatic rings. The summed E-state index contributed by atoms with van der Waals surface area (Å²) in [7, 11) is 3.74. The minimum Gasteiger partial charge on any atom is -0.383 e. The third kappa shape index (κ3) is 5.51. The van der Waals surface area contributed by atoms with Gasteiger partial charge in [-0.05, 0) is 11.1 Å². The molecule has 0 aliphatic carbocycles. The zero-order valence-electron chi connectivity index (χ0n) is 17.2. The van der Waals surface area contributed by atoms with Crippen molar-refractivity contribution in [3.63, 3.8) is 0 Å². The summed E-state index contributed by atoms with van der Waals surface area (Å²) in [5.74, 6) is 0.178. The molecule has 1 heterocycles. The van der Waals surface area contributed by atoms with Gasteiger partial charge in [-0.25, -0.2) is 9.97 Å². The standard InChI is InChI=1S/C21H23N5O2.CH3F/c1-23-16-17(21(27)24-13-14-9-5-3-6-10-14)25-20(26-19(16)22)18(28-2)15-11-7-4-8-12-15;1-2/h3-12,18,23H,13H2,1-2H3,(H,24,27)(H2,22,25,26);1H3. The van der Waals surface area contributed by atoms with Gasteiger partial charge in [0, 0.05) is 20.7 Å². The second-order valence-corrected chi connectivity index (χ2v) is 6.14. The van der Waals surface area contributed by atoms with Gasteiger partial charge >= 0.3 is 0 Å². The number of anilines is 2. The lowest BCUT2D eigenvalue weighted by atomic mass is 10.1. The van der Waals surface area contributed by atoms with Crippen LogP contribution >= 0.6 is 0 Å². The third-order valence-corrected chi connectivity index (χ3v) is 4.29. The zero-order chi connectivity index (χ0) is 21.9. The number of amides is 1. The molecule has 0 aliphatic rings. The van der Waals surface area contributed by atoms with Crippen molar-refractivity contribution in [3.05, 3.63) is 83.3 Å². The van der Waals surface area contributed by atoms with Crippen molar-refractivity contribution in [2.45, 2.75) is 12.6 Å². The van der Waals surface area contributed by atoms with Crippen LogP contribution in [0.2, 0.25) is 0 Å². The van der Waals surface area contributed by atoms with Crippen LogP contribution in [-0.4, -0.2) is 37.2 Å². The number of nitrogens with zero attached hydrogens (tertiary/aromatic N) is 2. The summed E-state index contributed by atoms with van der Waals surface area (Å²) in [4.78, 5) is 21.6. The van der Waals surface area contributed by atoms with Crippen LogP contribution in [0.25, 0.3) is 0 Å². The molecule has 0 bridgehead atoms. The van der Waals surface area contributed by atoms with Gasteiger partial charge < -0.3 is 21.1 Å². The van der Waals surface area contributed by atoms with E-state index in [9.17, 15) is 9.18 Å². The fraction of sp³-hybridized carbons (Fsp3) is 0.227. The van der Waals surface area contributed by atoms with Crippen molar-refractivity contribution in [3.8, 4) is 0 Å². The lowest BCUT2D eigenvalue weighted by molar-refractivity contribution is 0.0943. The molecule has 3 rings (SSSR count). The van der Waals surface area contributed by atoms with Crippen LogP contribution in [0.5, 0.6) is 0 Å². The fourth-order valence-electron chi connectivity index (χ4n) is 2.90.